The van der Waals surface area contributed by atoms with E-state index in [2.05, 4.69) is 10.9 Å². The zero-order valence-corrected chi connectivity index (χ0v) is 19.4. The first kappa shape index (κ1) is 24.0. The number of carbonyl (C=O) groups excluding carboxylic acids is 2. The topological polar surface area (TPSA) is 97.8 Å². The zero-order valence-electron chi connectivity index (χ0n) is 19.4. The Labute approximate surface area is 189 Å². The number of ether oxygens (including phenoxy) is 1. The van der Waals surface area contributed by atoms with Crippen molar-refractivity contribution in [1.29, 1.82) is 5.41 Å². The molecule has 8 nitrogen and oxygen atoms in total. The van der Waals surface area contributed by atoms with E-state index in [4.69, 9.17) is 10.1 Å². The van der Waals surface area contributed by atoms with Gasteiger partial charge in [0.25, 0.3) is 5.91 Å². The summed E-state index contributed by atoms with van der Waals surface area (Å²) in [6.45, 7) is 10.2. The van der Waals surface area contributed by atoms with Crippen LogP contribution in [0.1, 0.15) is 59.1 Å². The predicted molar refractivity (Wildman–Crippen MR) is 119 cm³/mol. The second-order valence-corrected chi connectivity index (χ2v) is 9.78. The number of carbonyl (C=O) groups is 2. The Morgan fingerprint density at radius 2 is 1.72 bits per heavy atom. The van der Waals surface area contributed by atoms with Crippen LogP contribution in [0.25, 0.3) is 0 Å². The number of hydrogen-bond donors (Lipinski definition) is 3. The molecule has 1 aliphatic heterocycles. The molecule has 0 aromatic heterocycles. The standard InChI is InChI=1S/C23H34FN5O3/c1-14-13-29(22(31)32-23(3,4)5)15(2)12-28(14)19(16-8-10-18(24)11-9-16)21(30)27-26-20(25)17-6-7-17/h8-11,14-15,17,19H,6-7,12-13H2,1-5H3,(H2,25,26)(H,27,30)/t14-,15+,19?/m1/s1. The number of nitrogens with zero attached hydrogens (tertiary/aromatic N) is 2. The molecule has 0 bridgehead atoms. The van der Waals surface area contributed by atoms with Crippen LogP contribution in [-0.4, -0.2) is 58.4 Å². The van der Waals surface area contributed by atoms with Crippen LogP contribution in [0.4, 0.5) is 9.18 Å². The van der Waals surface area contributed by atoms with Crippen LogP contribution >= 0.6 is 0 Å². The lowest BCUT2D eigenvalue weighted by Gasteiger charge is -2.46. The largest absolute Gasteiger partial charge is 0.444 e. The van der Waals surface area contributed by atoms with Gasteiger partial charge < -0.3 is 9.64 Å². The molecule has 1 aliphatic carbocycles. The average molecular weight is 448 g/mol. The first-order valence-electron chi connectivity index (χ1n) is 11.1. The summed E-state index contributed by atoms with van der Waals surface area (Å²) < 4.78 is 19.1. The summed E-state index contributed by atoms with van der Waals surface area (Å²) in [7, 11) is 0. The van der Waals surface area contributed by atoms with Gasteiger partial charge in [-0.05, 0) is 65.2 Å². The number of rotatable bonds is 4. The Balaban J connectivity index is 1.78. The van der Waals surface area contributed by atoms with E-state index in [9.17, 15) is 14.0 Å². The molecule has 3 rings (SSSR count). The molecule has 0 spiro atoms. The van der Waals surface area contributed by atoms with E-state index >= 15 is 0 Å². The quantitative estimate of drug-likeness (QED) is 0.374. The first-order chi connectivity index (χ1) is 15.0. The van der Waals surface area contributed by atoms with Gasteiger partial charge in [0.15, 0.2) is 0 Å². The van der Waals surface area contributed by atoms with Gasteiger partial charge in [0.2, 0.25) is 0 Å². The number of piperazine rings is 1. The SMILES string of the molecule is C[C@@H]1CN(C(=O)OC(C)(C)C)[C@@H](C)CN1C(C(=O)NNC(=N)C1CC1)c1ccc(F)cc1. The lowest BCUT2D eigenvalue weighted by Crippen LogP contribution is -2.61. The monoisotopic (exact) mass is 447 g/mol. The fourth-order valence-corrected chi connectivity index (χ4v) is 3.90. The summed E-state index contributed by atoms with van der Waals surface area (Å²) in [5, 5.41) is 7.99. The van der Waals surface area contributed by atoms with Crippen LogP contribution < -0.4 is 10.9 Å². The smallest absolute Gasteiger partial charge is 0.410 e. The Morgan fingerprint density at radius 3 is 2.28 bits per heavy atom. The number of hydrogen-bond acceptors (Lipinski definition) is 5. The second-order valence-electron chi connectivity index (χ2n) is 9.78. The van der Waals surface area contributed by atoms with Gasteiger partial charge in [0, 0.05) is 31.1 Å². The normalized spacial score (nSPS) is 22.8. The van der Waals surface area contributed by atoms with Crippen molar-refractivity contribution < 1.29 is 18.7 Å². The van der Waals surface area contributed by atoms with E-state index in [0.29, 0.717) is 24.5 Å². The number of nitrogens with one attached hydrogen (secondary N) is 3. The van der Waals surface area contributed by atoms with Gasteiger partial charge >= 0.3 is 6.09 Å². The molecule has 1 unspecified atom stereocenters. The van der Waals surface area contributed by atoms with E-state index in [0.717, 1.165) is 12.8 Å². The Morgan fingerprint density at radius 1 is 1.09 bits per heavy atom. The van der Waals surface area contributed by atoms with E-state index in [-0.39, 0.29) is 35.8 Å². The summed E-state index contributed by atoms with van der Waals surface area (Å²) in [6.07, 6.45) is 1.52. The molecular formula is C23H34FN5O3. The highest BCUT2D eigenvalue weighted by molar-refractivity contribution is 5.89. The van der Waals surface area contributed by atoms with Gasteiger partial charge in [-0.25, -0.2) is 9.18 Å². The third-order valence-electron chi connectivity index (χ3n) is 5.73. The van der Waals surface area contributed by atoms with E-state index in [1.165, 1.54) is 12.1 Å². The molecule has 1 aromatic carbocycles. The summed E-state index contributed by atoms with van der Waals surface area (Å²) in [4.78, 5) is 29.6. The zero-order chi connectivity index (χ0) is 23.6. The Hall–Kier alpha value is -2.68. The first-order valence-corrected chi connectivity index (χ1v) is 11.1. The van der Waals surface area contributed by atoms with Gasteiger partial charge in [-0.3, -0.25) is 26.0 Å². The number of amides is 2. The van der Waals surface area contributed by atoms with Crippen LogP contribution in [0, 0.1) is 17.1 Å². The maximum Gasteiger partial charge on any atom is 0.410 e. The lowest BCUT2D eigenvalue weighted by atomic mass is 9.99. The van der Waals surface area contributed by atoms with Crippen molar-refractivity contribution in [2.45, 2.75) is 71.2 Å². The lowest BCUT2D eigenvalue weighted by molar-refractivity contribution is -0.130. The molecule has 2 fully saturated rings. The van der Waals surface area contributed by atoms with Crippen LogP contribution in [-0.2, 0) is 9.53 Å². The van der Waals surface area contributed by atoms with E-state index in [1.54, 1.807) is 17.0 Å². The molecule has 9 heteroatoms. The molecule has 1 saturated carbocycles. The molecule has 1 saturated heterocycles. The van der Waals surface area contributed by atoms with Crippen molar-refractivity contribution in [2.24, 2.45) is 5.92 Å². The van der Waals surface area contributed by atoms with Gasteiger partial charge in [0.05, 0.1) is 0 Å². The minimum Gasteiger partial charge on any atom is -0.444 e. The van der Waals surface area contributed by atoms with Gasteiger partial charge in [0.1, 0.15) is 23.3 Å². The van der Waals surface area contributed by atoms with E-state index in [1.807, 2.05) is 39.5 Å². The van der Waals surface area contributed by atoms with E-state index < -0.39 is 11.6 Å². The van der Waals surface area contributed by atoms with Crippen molar-refractivity contribution in [3.63, 3.8) is 0 Å². The van der Waals surface area contributed by atoms with Crippen LogP contribution in [0.2, 0.25) is 0 Å². The third kappa shape index (κ3) is 5.97. The summed E-state index contributed by atoms with van der Waals surface area (Å²) in [6, 6.07) is 4.83. The Kier molecular flexibility index (Phi) is 7.07. The minimum atomic E-state index is -0.701. The van der Waals surface area contributed by atoms with Crippen molar-refractivity contribution in [2.75, 3.05) is 13.1 Å². The molecule has 1 heterocycles. The molecule has 32 heavy (non-hydrogen) atoms. The number of halogens is 1. The molecular weight excluding hydrogens is 413 g/mol. The molecule has 2 amide bonds. The molecule has 3 N–H and O–H groups in total. The summed E-state index contributed by atoms with van der Waals surface area (Å²) in [5.74, 6) is -0.229. The fourth-order valence-electron chi connectivity index (χ4n) is 3.90. The maximum atomic E-state index is 13.5. The molecule has 1 aromatic rings. The number of hydrazine groups is 1. The van der Waals surface area contributed by atoms with Gasteiger partial charge in [-0.1, -0.05) is 12.1 Å². The van der Waals surface area contributed by atoms with Crippen LogP contribution in [0.3, 0.4) is 0 Å². The second kappa shape index (κ2) is 9.44. The maximum absolute atomic E-state index is 13.5. The third-order valence-corrected chi connectivity index (χ3v) is 5.73. The Bertz CT molecular complexity index is 850. The van der Waals surface area contributed by atoms with Crippen molar-refractivity contribution in [1.82, 2.24) is 20.7 Å². The summed E-state index contributed by atoms with van der Waals surface area (Å²) in [5.41, 5.74) is 5.44. The number of benzene rings is 1. The van der Waals surface area contributed by atoms with Crippen LogP contribution in [0.5, 0.6) is 0 Å². The molecule has 2 aliphatic rings. The van der Waals surface area contributed by atoms with Crippen molar-refractivity contribution >= 4 is 17.8 Å². The van der Waals surface area contributed by atoms with Gasteiger partial charge in [-0.2, -0.15) is 0 Å². The van der Waals surface area contributed by atoms with Crippen LogP contribution in [0.15, 0.2) is 24.3 Å². The molecule has 0 radical (unpaired) electrons. The summed E-state index contributed by atoms with van der Waals surface area (Å²) >= 11 is 0. The fraction of sp³-hybridized carbons (Fsp3) is 0.609. The molecule has 176 valence electrons. The minimum absolute atomic E-state index is 0.151. The predicted octanol–water partition coefficient (Wildman–Crippen LogP) is 3.20. The van der Waals surface area contributed by atoms with Crippen molar-refractivity contribution in [3.05, 3.63) is 35.6 Å². The number of amidine groups is 1. The highest BCUT2D eigenvalue weighted by Crippen LogP contribution is 2.30. The highest BCUT2D eigenvalue weighted by Gasteiger charge is 2.40. The van der Waals surface area contributed by atoms with Crippen molar-refractivity contribution in [3.8, 4) is 0 Å². The molecule has 3 atom stereocenters. The average Bonchev–Trinajstić information content (AvgIpc) is 3.54. The van der Waals surface area contributed by atoms with Gasteiger partial charge in [-0.15, -0.1) is 0 Å². The highest BCUT2D eigenvalue weighted by atomic mass is 19.1.